The van der Waals surface area contributed by atoms with Crippen LogP contribution in [0.1, 0.15) is 54.2 Å². The molecule has 1 aliphatic rings. The Hall–Kier alpha value is -3.14. The van der Waals surface area contributed by atoms with E-state index in [-0.39, 0.29) is 18.9 Å². The molecule has 0 spiro atoms. The highest BCUT2D eigenvalue weighted by Crippen LogP contribution is 2.26. The van der Waals surface area contributed by atoms with Crippen molar-refractivity contribution in [2.75, 3.05) is 13.1 Å². The maximum Gasteiger partial charge on any atom is 0.410 e. The van der Waals surface area contributed by atoms with Crippen LogP contribution in [0, 0.1) is 27.7 Å². The van der Waals surface area contributed by atoms with Crippen LogP contribution in [0.3, 0.4) is 0 Å². The van der Waals surface area contributed by atoms with Gasteiger partial charge in [-0.05, 0) is 82.9 Å². The van der Waals surface area contributed by atoms with Crippen LogP contribution in [0.4, 0.5) is 4.79 Å². The van der Waals surface area contributed by atoms with Crippen molar-refractivity contribution in [1.29, 1.82) is 0 Å². The number of likely N-dealkylation sites (tertiary alicyclic amines) is 1. The van der Waals surface area contributed by atoms with Crippen molar-refractivity contribution in [3.8, 4) is 0 Å². The Labute approximate surface area is 191 Å². The van der Waals surface area contributed by atoms with E-state index in [4.69, 9.17) is 4.74 Å². The van der Waals surface area contributed by atoms with E-state index in [2.05, 4.69) is 12.1 Å². The zero-order valence-electron chi connectivity index (χ0n) is 20.2. The fourth-order valence-electron chi connectivity index (χ4n) is 3.85. The molecule has 1 amide bonds. The predicted molar refractivity (Wildman–Crippen MR) is 131 cm³/mol. The van der Waals surface area contributed by atoms with Gasteiger partial charge >= 0.3 is 6.09 Å². The van der Waals surface area contributed by atoms with Crippen molar-refractivity contribution < 1.29 is 14.3 Å². The number of aryl methyl sites for hydroxylation is 4. The molecule has 0 bridgehead atoms. The molecule has 0 N–H and O–H groups in total. The van der Waals surface area contributed by atoms with E-state index in [1.807, 2.05) is 84.9 Å². The maximum absolute atomic E-state index is 13.4. The Balaban J connectivity index is 2.04. The van der Waals surface area contributed by atoms with Gasteiger partial charge in [0.2, 0.25) is 0 Å². The molecule has 4 heteroatoms. The lowest BCUT2D eigenvalue weighted by molar-refractivity contribution is -0.113. The van der Waals surface area contributed by atoms with Crippen LogP contribution in [-0.4, -0.2) is 35.5 Å². The molecule has 4 nitrogen and oxygen atoms in total. The number of piperidine rings is 1. The first-order valence-electron chi connectivity index (χ1n) is 11.0. The Morgan fingerprint density at radius 1 is 0.844 bits per heavy atom. The summed E-state index contributed by atoms with van der Waals surface area (Å²) in [6, 6.07) is 12.3. The third-order valence-electron chi connectivity index (χ3n) is 5.47. The lowest BCUT2D eigenvalue weighted by atomic mass is 9.92. The Bertz CT molecular complexity index is 1040. The molecule has 2 aromatic carbocycles. The number of ketones is 1. The van der Waals surface area contributed by atoms with Gasteiger partial charge in [-0.25, -0.2) is 4.79 Å². The van der Waals surface area contributed by atoms with Crippen molar-refractivity contribution in [1.82, 2.24) is 4.90 Å². The van der Waals surface area contributed by atoms with Crippen LogP contribution >= 0.6 is 0 Å². The summed E-state index contributed by atoms with van der Waals surface area (Å²) in [5, 5.41) is 0. The van der Waals surface area contributed by atoms with Crippen LogP contribution in [0.5, 0.6) is 0 Å². The van der Waals surface area contributed by atoms with E-state index in [0.29, 0.717) is 11.1 Å². The average Bonchev–Trinajstić information content (AvgIpc) is 2.67. The monoisotopic (exact) mass is 431 g/mol. The van der Waals surface area contributed by atoms with Gasteiger partial charge in [-0.3, -0.25) is 9.69 Å². The standard InChI is InChI=1S/C28H33NO3/c1-18-8-10-22(20(3)12-18)14-24-16-29(27(31)32-28(5,6)7)17-25(26(24)30)15-23-11-9-19(2)13-21(23)4/h8-15H,16-17H2,1-7H3/b24-14+,25-15?. The van der Waals surface area contributed by atoms with E-state index >= 15 is 0 Å². The van der Waals surface area contributed by atoms with Crippen molar-refractivity contribution in [2.45, 2.75) is 54.1 Å². The van der Waals surface area contributed by atoms with E-state index in [9.17, 15) is 9.59 Å². The van der Waals surface area contributed by atoms with Crippen molar-refractivity contribution in [3.63, 3.8) is 0 Å². The molecular weight excluding hydrogens is 398 g/mol. The first-order valence-corrected chi connectivity index (χ1v) is 11.0. The highest BCUT2D eigenvalue weighted by molar-refractivity contribution is 6.15. The molecule has 32 heavy (non-hydrogen) atoms. The Morgan fingerprint density at radius 3 is 1.66 bits per heavy atom. The van der Waals surface area contributed by atoms with Crippen LogP contribution in [0.2, 0.25) is 0 Å². The zero-order chi connectivity index (χ0) is 23.6. The molecule has 1 heterocycles. The molecule has 168 valence electrons. The van der Waals surface area contributed by atoms with Gasteiger partial charge in [0.1, 0.15) is 5.60 Å². The number of Topliss-reactive ketones (excluding diaryl/α,β-unsaturated/α-hetero) is 1. The minimum Gasteiger partial charge on any atom is -0.444 e. The molecule has 0 atom stereocenters. The van der Waals surface area contributed by atoms with Crippen molar-refractivity contribution in [3.05, 3.63) is 80.9 Å². The van der Waals surface area contributed by atoms with Crippen molar-refractivity contribution in [2.24, 2.45) is 0 Å². The summed E-state index contributed by atoms with van der Waals surface area (Å²) in [5.74, 6) is -0.0234. The zero-order valence-corrected chi connectivity index (χ0v) is 20.2. The van der Waals surface area contributed by atoms with Gasteiger partial charge in [0.25, 0.3) is 0 Å². The van der Waals surface area contributed by atoms with Gasteiger partial charge in [-0.15, -0.1) is 0 Å². The maximum atomic E-state index is 13.4. The molecule has 1 aliphatic heterocycles. The number of ether oxygens (including phenoxy) is 1. The predicted octanol–water partition coefficient (Wildman–Crippen LogP) is 6.21. The summed E-state index contributed by atoms with van der Waals surface area (Å²) in [5.41, 5.74) is 7.07. The summed E-state index contributed by atoms with van der Waals surface area (Å²) in [6.45, 7) is 14.2. The number of carbonyl (C=O) groups excluding carboxylic acids is 2. The fraction of sp³-hybridized carbons (Fsp3) is 0.357. The molecule has 0 aromatic heterocycles. The molecule has 0 saturated carbocycles. The molecule has 0 aliphatic carbocycles. The minimum absolute atomic E-state index is 0.0234. The molecular formula is C28H33NO3. The number of benzene rings is 2. The van der Waals surface area contributed by atoms with Gasteiger partial charge in [0, 0.05) is 11.1 Å². The number of rotatable bonds is 2. The van der Waals surface area contributed by atoms with Gasteiger partial charge in [-0.2, -0.15) is 0 Å². The SMILES string of the molecule is Cc1ccc(C=C2CN(C(=O)OC(C)(C)C)C/C(=C\c3ccc(C)cc3C)C2=O)c(C)c1. The third-order valence-corrected chi connectivity index (χ3v) is 5.47. The topological polar surface area (TPSA) is 46.6 Å². The molecule has 3 rings (SSSR count). The Morgan fingerprint density at radius 2 is 1.28 bits per heavy atom. The summed E-state index contributed by atoms with van der Waals surface area (Å²) in [7, 11) is 0. The minimum atomic E-state index is -0.604. The molecule has 2 aromatic rings. The first-order chi connectivity index (χ1) is 14.9. The Kier molecular flexibility index (Phi) is 6.73. The van der Waals surface area contributed by atoms with Crippen LogP contribution in [0.15, 0.2) is 47.5 Å². The molecule has 0 unspecified atom stereocenters. The lowest BCUT2D eigenvalue weighted by Gasteiger charge is -2.32. The van der Waals surface area contributed by atoms with Gasteiger partial charge in [0.05, 0.1) is 13.1 Å². The quantitative estimate of drug-likeness (QED) is 0.531. The highest BCUT2D eigenvalue weighted by atomic mass is 16.6. The number of carbonyl (C=O) groups is 2. The number of hydrogen-bond donors (Lipinski definition) is 0. The highest BCUT2D eigenvalue weighted by Gasteiger charge is 2.32. The molecule has 0 radical (unpaired) electrons. The summed E-state index contributed by atoms with van der Waals surface area (Å²) < 4.78 is 5.61. The lowest BCUT2D eigenvalue weighted by Crippen LogP contribution is -2.44. The van der Waals surface area contributed by atoms with Crippen LogP contribution in [-0.2, 0) is 9.53 Å². The summed E-state index contributed by atoms with van der Waals surface area (Å²) in [6.07, 6.45) is 3.40. The number of nitrogens with zero attached hydrogens (tertiary/aromatic N) is 1. The van der Waals surface area contributed by atoms with Gasteiger partial charge < -0.3 is 4.74 Å². The smallest absolute Gasteiger partial charge is 0.410 e. The average molecular weight is 432 g/mol. The normalized spacial score (nSPS) is 17.2. The summed E-state index contributed by atoms with van der Waals surface area (Å²) in [4.78, 5) is 27.9. The second-order valence-corrected chi connectivity index (χ2v) is 9.72. The molecule has 1 fully saturated rings. The van der Waals surface area contributed by atoms with Crippen LogP contribution in [0.25, 0.3) is 12.2 Å². The summed E-state index contributed by atoms with van der Waals surface area (Å²) >= 11 is 0. The first kappa shape index (κ1) is 23.5. The molecule has 1 saturated heterocycles. The van der Waals surface area contributed by atoms with E-state index in [1.54, 1.807) is 4.90 Å². The van der Waals surface area contributed by atoms with Crippen LogP contribution < -0.4 is 0 Å². The van der Waals surface area contributed by atoms with E-state index < -0.39 is 11.7 Å². The number of amides is 1. The third kappa shape index (κ3) is 5.76. The van der Waals surface area contributed by atoms with E-state index in [0.717, 1.165) is 22.3 Å². The largest absolute Gasteiger partial charge is 0.444 e. The van der Waals surface area contributed by atoms with Gasteiger partial charge in [-0.1, -0.05) is 47.5 Å². The fourth-order valence-corrected chi connectivity index (χ4v) is 3.85. The second-order valence-electron chi connectivity index (χ2n) is 9.72. The van der Waals surface area contributed by atoms with Crippen molar-refractivity contribution >= 4 is 24.0 Å². The number of hydrogen-bond acceptors (Lipinski definition) is 3. The second kappa shape index (κ2) is 9.15. The van der Waals surface area contributed by atoms with Gasteiger partial charge in [0.15, 0.2) is 5.78 Å². The van der Waals surface area contributed by atoms with E-state index in [1.165, 1.54) is 11.1 Å².